The summed E-state index contributed by atoms with van der Waals surface area (Å²) >= 11 is 0. The number of carbonyl (C=O) groups excluding carboxylic acids is 3. The molecular weight excluding hydrogens is 386 g/mol. The van der Waals surface area contributed by atoms with Crippen molar-refractivity contribution in [2.45, 2.75) is 32.2 Å². The van der Waals surface area contributed by atoms with E-state index in [0.29, 0.717) is 44.7 Å². The van der Waals surface area contributed by atoms with Crippen LogP contribution in [0.4, 0.5) is 19.3 Å². The van der Waals surface area contributed by atoms with Crippen LogP contribution in [0.15, 0.2) is 12.1 Å². The molecule has 29 heavy (non-hydrogen) atoms. The van der Waals surface area contributed by atoms with Gasteiger partial charge in [-0.3, -0.25) is 14.9 Å². The Hall–Kier alpha value is -2.91. The van der Waals surface area contributed by atoms with Crippen LogP contribution < -0.4 is 20.3 Å². The molecule has 1 aromatic rings. The van der Waals surface area contributed by atoms with Crippen molar-refractivity contribution in [3.05, 3.63) is 23.8 Å². The number of piperazine rings is 1. The van der Waals surface area contributed by atoms with Gasteiger partial charge in [-0.2, -0.15) is 4.39 Å². The number of methoxy groups -OCH3 is 1. The average molecular weight is 412 g/mol. The lowest BCUT2D eigenvalue weighted by Gasteiger charge is -2.37. The lowest BCUT2D eigenvalue weighted by Crippen LogP contribution is -2.50. The van der Waals surface area contributed by atoms with Crippen LogP contribution in [0.2, 0.25) is 0 Å². The molecule has 0 saturated carbocycles. The fraction of sp³-hybridized carbons (Fsp3) is 0.526. The summed E-state index contributed by atoms with van der Waals surface area (Å²) in [5.41, 5.74) is -0.161. The molecule has 0 aliphatic carbocycles. The van der Waals surface area contributed by atoms with Gasteiger partial charge in [-0.25, -0.2) is 9.18 Å². The number of rotatable bonds is 7. The minimum absolute atomic E-state index is 0.0572. The van der Waals surface area contributed by atoms with Gasteiger partial charge >= 0.3 is 6.03 Å². The number of carbonyl (C=O) groups is 3. The van der Waals surface area contributed by atoms with Gasteiger partial charge in [0.05, 0.1) is 7.11 Å². The molecule has 0 aromatic heterocycles. The highest BCUT2D eigenvalue weighted by Gasteiger charge is 2.26. The largest absolute Gasteiger partial charge is 0.493 e. The van der Waals surface area contributed by atoms with Gasteiger partial charge in [0.1, 0.15) is 0 Å². The van der Waals surface area contributed by atoms with Crippen LogP contribution in [-0.2, 0) is 9.59 Å². The molecule has 10 heteroatoms. The first-order valence-corrected chi connectivity index (χ1v) is 9.25. The van der Waals surface area contributed by atoms with Crippen molar-refractivity contribution >= 4 is 24.0 Å². The molecule has 8 nitrogen and oxygen atoms in total. The van der Waals surface area contributed by atoms with E-state index in [1.807, 2.05) is 10.2 Å². The van der Waals surface area contributed by atoms with Crippen LogP contribution in [0, 0.1) is 11.6 Å². The zero-order valence-electron chi connectivity index (χ0n) is 16.8. The van der Waals surface area contributed by atoms with Crippen LogP contribution in [0.1, 0.15) is 26.7 Å². The topological polar surface area (TPSA) is 91.0 Å². The lowest BCUT2D eigenvalue weighted by molar-refractivity contribution is -0.131. The van der Waals surface area contributed by atoms with Crippen LogP contribution in [0.25, 0.3) is 0 Å². The summed E-state index contributed by atoms with van der Waals surface area (Å²) in [4.78, 5) is 37.8. The van der Waals surface area contributed by atoms with E-state index in [-0.39, 0.29) is 18.1 Å². The van der Waals surface area contributed by atoms with E-state index in [9.17, 15) is 23.2 Å². The number of urea groups is 1. The Morgan fingerprint density at radius 3 is 2.45 bits per heavy atom. The molecule has 1 aromatic carbocycles. The molecular formula is C19H26F2N4O4. The summed E-state index contributed by atoms with van der Waals surface area (Å²) in [7, 11) is 1.27. The lowest BCUT2D eigenvalue weighted by atomic mass is 9.98. The van der Waals surface area contributed by atoms with Gasteiger partial charge in [-0.1, -0.05) is 0 Å². The first kappa shape index (κ1) is 22.4. The van der Waals surface area contributed by atoms with Gasteiger partial charge in [0, 0.05) is 56.0 Å². The van der Waals surface area contributed by atoms with Gasteiger partial charge < -0.3 is 19.9 Å². The molecule has 4 amide bonds. The normalized spacial score (nSPS) is 14.4. The molecule has 0 radical (unpaired) electrons. The van der Waals surface area contributed by atoms with E-state index in [1.54, 1.807) is 18.7 Å². The third-order valence-electron chi connectivity index (χ3n) is 4.80. The smallest absolute Gasteiger partial charge is 0.321 e. The maximum Gasteiger partial charge on any atom is 0.321 e. The average Bonchev–Trinajstić information content (AvgIpc) is 2.68. The third kappa shape index (κ3) is 6.03. The molecule has 0 unspecified atom stereocenters. The maximum atomic E-state index is 13.7. The second-order valence-corrected chi connectivity index (χ2v) is 7.41. The first-order valence-electron chi connectivity index (χ1n) is 9.25. The summed E-state index contributed by atoms with van der Waals surface area (Å²) < 4.78 is 32.2. The van der Waals surface area contributed by atoms with E-state index in [1.165, 1.54) is 13.2 Å². The quantitative estimate of drug-likeness (QED) is 0.665. The van der Waals surface area contributed by atoms with Crippen molar-refractivity contribution < 1.29 is 27.9 Å². The van der Waals surface area contributed by atoms with Crippen molar-refractivity contribution in [1.29, 1.82) is 0 Å². The molecule has 1 saturated heterocycles. The molecule has 0 spiro atoms. The number of imide groups is 1. The zero-order valence-corrected chi connectivity index (χ0v) is 16.8. The highest BCUT2D eigenvalue weighted by molar-refractivity contribution is 5.84. The molecule has 1 heterocycles. The number of nitrogens with zero attached hydrogens (tertiary/aromatic N) is 2. The highest BCUT2D eigenvalue weighted by Crippen LogP contribution is 2.28. The Balaban J connectivity index is 1.87. The molecule has 0 bridgehead atoms. The Labute approximate surface area is 168 Å². The number of hydrogen-bond donors (Lipinski definition) is 2. The molecule has 0 atom stereocenters. The fourth-order valence-electron chi connectivity index (χ4n) is 3.13. The molecule has 1 fully saturated rings. The molecule has 2 N–H and O–H groups in total. The van der Waals surface area contributed by atoms with E-state index < -0.39 is 23.2 Å². The van der Waals surface area contributed by atoms with Gasteiger partial charge in [0.15, 0.2) is 11.6 Å². The van der Waals surface area contributed by atoms with Crippen LogP contribution in [0.3, 0.4) is 0 Å². The minimum Gasteiger partial charge on any atom is -0.493 e. The number of nitrogens with one attached hydrogen (secondary N) is 2. The van der Waals surface area contributed by atoms with Gasteiger partial charge in [0.25, 0.3) is 0 Å². The van der Waals surface area contributed by atoms with Crippen LogP contribution >= 0.6 is 0 Å². The van der Waals surface area contributed by atoms with Crippen molar-refractivity contribution in [2.24, 2.45) is 0 Å². The van der Waals surface area contributed by atoms with E-state index in [2.05, 4.69) is 5.32 Å². The Bertz CT molecular complexity index is 765. The molecule has 160 valence electrons. The summed E-state index contributed by atoms with van der Waals surface area (Å²) in [5, 5.41) is 4.62. The van der Waals surface area contributed by atoms with Gasteiger partial charge in [-0.05, 0) is 20.3 Å². The van der Waals surface area contributed by atoms with Crippen molar-refractivity contribution in [1.82, 2.24) is 15.5 Å². The van der Waals surface area contributed by atoms with E-state index in [0.717, 1.165) is 6.07 Å². The maximum absolute atomic E-state index is 13.7. The number of benzene rings is 1. The SMILES string of the molecule is COc1cc(N2CCN(C(=O)CCC(C)(C)NC(=O)NC=O)CC2)cc(F)c1F. The number of hydrogen-bond acceptors (Lipinski definition) is 5. The van der Waals surface area contributed by atoms with Gasteiger partial charge in [0.2, 0.25) is 18.1 Å². The molecule has 1 aliphatic rings. The Morgan fingerprint density at radius 2 is 1.86 bits per heavy atom. The van der Waals surface area contributed by atoms with Crippen molar-refractivity contribution in [3.63, 3.8) is 0 Å². The Morgan fingerprint density at radius 1 is 1.21 bits per heavy atom. The minimum atomic E-state index is -1.02. The number of halogens is 2. The Kier molecular flexibility index (Phi) is 7.35. The van der Waals surface area contributed by atoms with Crippen LogP contribution in [0.5, 0.6) is 5.75 Å². The summed E-state index contributed by atoms with van der Waals surface area (Å²) in [6, 6.07) is 1.94. The van der Waals surface area contributed by atoms with E-state index in [4.69, 9.17) is 4.74 Å². The second kappa shape index (κ2) is 9.53. The first-order chi connectivity index (χ1) is 13.7. The highest BCUT2D eigenvalue weighted by atomic mass is 19.2. The number of anilines is 1. The van der Waals surface area contributed by atoms with Crippen molar-refractivity contribution in [3.8, 4) is 5.75 Å². The summed E-state index contributed by atoms with van der Waals surface area (Å²) in [6.45, 7) is 5.37. The number of amides is 4. The molecule has 1 aliphatic heterocycles. The zero-order chi connectivity index (χ0) is 21.6. The van der Waals surface area contributed by atoms with Crippen LogP contribution in [-0.4, -0.2) is 62.1 Å². The number of ether oxygens (including phenoxy) is 1. The predicted octanol–water partition coefficient (Wildman–Crippen LogP) is 1.64. The summed E-state index contributed by atoms with van der Waals surface area (Å²) in [5.74, 6) is -2.22. The third-order valence-corrected chi connectivity index (χ3v) is 4.80. The van der Waals surface area contributed by atoms with Gasteiger partial charge in [-0.15, -0.1) is 0 Å². The molecule has 2 rings (SSSR count). The summed E-state index contributed by atoms with van der Waals surface area (Å²) in [6.07, 6.45) is 0.921. The standard InChI is InChI=1S/C19H26F2N4O4/c1-19(2,23-18(28)22-12-26)5-4-16(27)25-8-6-24(7-9-25)13-10-14(20)17(21)15(11-13)29-3/h10-12H,4-9H2,1-3H3,(H2,22,23,26,28). The fourth-order valence-corrected chi connectivity index (χ4v) is 3.13. The van der Waals surface area contributed by atoms with E-state index >= 15 is 0 Å². The van der Waals surface area contributed by atoms with Crippen molar-refractivity contribution in [2.75, 3.05) is 38.2 Å². The monoisotopic (exact) mass is 412 g/mol. The predicted molar refractivity (Wildman–Crippen MR) is 103 cm³/mol. The second-order valence-electron chi connectivity index (χ2n) is 7.41.